The first kappa shape index (κ1) is 18.7. The quantitative estimate of drug-likeness (QED) is 0.759. The third-order valence-electron chi connectivity index (χ3n) is 3.91. The van der Waals surface area contributed by atoms with Crippen molar-refractivity contribution in [2.75, 3.05) is 53.0 Å². The van der Waals surface area contributed by atoms with E-state index >= 15 is 0 Å². The van der Waals surface area contributed by atoms with Gasteiger partial charge in [0.25, 0.3) is 5.91 Å². The molecule has 0 unspecified atom stereocenters. The van der Waals surface area contributed by atoms with Crippen LogP contribution < -0.4 is 4.74 Å². The molecular formula is C18H28N2O4. The van der Waals surface area contributed by atoms with E-state index in [1.165, 1.54) is 0 Å². The predicted octanol–water partition coefficient (Wildman–Crippen LogP) is 1.24. The van der Waals surface area contributed by atoms with Crippen LogP contribution in [0.5, 0.6) is 5.75 Å². The molecule has 1 heterocycles. The Hall–Kier alpha value is -1.63. The lowest BCUT2D eigenvalue weighted by Gasteiger charge is -2.37. The van der Waals surface area contributed by atoms with E-state index in [1.54, 1.807) is 27.0 Å². The summed E-state index contributed by atoms with van der Waals surface area (Å²) in [5.41, 5.74) is -0.0686. The summed E-state index contributed by atoms with van der Waals surface area (Å²) in [6, 6.07) is 7.27. The van der Waals surface area contributed by atoms with Gasteiger partial charge in [-0.2, -0.15) is 0 Å². The fourth-order valence-electron chi connectivity index (χ4n) is 2.80. The van der Waals surface area contributed by atoms with Gasteiger partial charge in [0.1, 0.15) is 12.4 Å². The van der Waals surface area contributed by atoms with Gasteiger partial charge in [0.2, 0.25) is 0 Å². The van der Waals surface area contributed by atoms with Gasteiger partial charge in [0.15, 0.2) is 0 Å². The number of ether oxygens (including phenoxy) is 2. The van der Waals surface area contributed by atoms with Crippen LogP contribution in [0.15, 0.2) is 24.3 Å². The highest BCUT2D eigenvalue weighted by Crippen LogP contribution is 2.16. The zero-order chi connectivity index (χ0) is 17.6. The second-order valence-electron chi connectivity index (χ2n) is 6.75. The molecule has 1 fully saturated rings. The standard InChI is InChI=1S/C18H28N2O4/c1-18(2,22)14-19-7-9-20(10-8-19)17(21)15-5-4-6-16(13-15)24-12-11-23-3/h4-6,13,22H,7-12,14H2,1-3H3. The minimum Gasteiger partial charge on any atom is -0.491 e. The first-order valence-electron chi connectivity index (χ1n) is 8.35. The molecule has 1 aromatic rings. The number of β-amino-alcohol motifs (C(OH)–C–C–N with tert-alkyl or cyclic N) is 1. The molecule has 0 spiro atoms. The first-order valence-corrected chi connectivity index (χ1v) is 8.35. The Bertz CT molecular complexity index is 534. The molecule has 1 saturated heterocycles. The van der Waals surface area contributed by atoms with Gasteiger partial charge in [-0.25, -0.2) is 0 Å². The molecule has 0 aliphatic carbocycles. The summed E-state index contributed by atoms with van der Waals surface area (Å²) in [6.07, 6.45) is 0. The zero-order valence-corrected chi connectivity index (χ0v) is 14.8. The molecule has 0 aromatic heterocycles. The molecule has 1 aliphatic heterocycles. The second kappa shape index (κ2) is 8.46. The summed E-state index contributed by atoms with van der Waals surface area (Å²) in [4.78, 5) is 16.7. The summed E-state index contributed by atoms with van der Waals surface area (Å²) in [7, 11) is 1.63. The van der Waals surface area contributed by atoms with Crippen molar-refractivity contribution in [1.82, 2.24) is 9.80 Å². The van der Waals surface area contributed by atoms with Crippen LogP contribution in [0.2, 0.25) is 0 Å². The van der Waals surface area contributed by atoms with Gasteiger partial charge in [-0.3, -0.25) is 9.69 Å². The number of carbonyl (C=O) groups excluding carboxylic acids is 1. The first-order chi connectivity index (χ1) is 11.4. The lowest BCUT2D eigenvalue weighted by Crippen LogP contribution is -2.52. The summed E-state index contributed by atoms with van der Waals surface area (Å²) in [5, 5.41) is 9.90. The lowest BCUT2D eigenvalue weighted by atomic mass is 10.1. The molecule has 24 heavy (non-hydrogen) atoms. The van der Waals surface area contributed by atoms with Crippen LogP contribution in [0.25, 0.3) is 0 Å². The van der Waals surface area contributed by atoms with Crippen molar-refractivity contribution in [1.29, 1.82) is 0 Å². The van der Waals surface area contributed by atoms with E-state index in [4.69, 9.17) is 9.47 Å². The molecule has 1 aliphatic rings. The van der Waals surface area contributed by atoms with Gasteiger partial charge in [0, 0.05) is 45.4 Å². The Kier molecular flexibility index (Phi) is 6.60. The van der Waals surface area contributed by atoms with Gasteiger partial charge in [-0.05, 0) is 32.0 Å². The number of rotatable bonds is 7. The summed E-state index contributed by atoms with van der Waals surface area (Å²) >= 11 is 0. The molecule has 0 bridgehead atoms. The molecule has 6 heteroatoms. The van der Waals surface area contributed by atoms with Crippen LogP contribution in [0.4, 0.5) is 0 Å². The minimum absolute atomic E-state index is 0.0232. The van der Waals surface area contributed by atoms with E-state index in [1.807, 2.05) is 23.1 Å². The van der Waals surface area contributed by atoms with Crippen LogP contribution in [-0.4, -0.2) is 79.5 Å². The number of benzene rings is 1. The Morgan fingerprint density at radius 2 is 1.92 bits per heavy atom. The normalized spacial score (nSPS) is 16.2. The fraction of sp³-hybridized carbons (Fsp3) is 0.611. The van der Waals surface area contributed by atoms with Crippen LogP contribution in [-0.2, 0) is 4.74 Å². The van der Waals surface area contributed by atoms with Gasteiger partial charge in [-0.15, -0.1) is 0 Å². The molecule has 1 N–H and O–H groups in total. The number of hydrogen-bond acceptors (Lipinski definition) is 5. The number of piperazine rings is 1. The molecule has 0 atom stereocenters. The van der Waals surface area contributed by atoms with Crippen molar-refractivity contribution in [3.63, 3.8) is 0 Å². The molecular weight excluding hydrogens is 308 g/mol. The minimum atomic E-state index is -0.708. The predicted molar refractivity (Wildman–Crippen MR) is 92.5 cm³/mol. The van der Waals surface area contributed by atoms with Crippen LogP contribution in [0, 0.1) is 0 Å². The fourth-order valence-corrected chi connectivity index (χ4v) is 2.80. The second-order valence-corrected chi connectivity index (χ2v) is 6.75. The van der Waals surface area contributed by atoms with Gasteiger partial charge in [-0.1, -0.05) is 6.07 Å². The third-order valence-corrected chi connectivity index (χ3v) is 3.91. The van der Waals surface area contributed by atoms with E-state index < -0.39 is 5.60 Å². The summed E-state index contributed by atoms with van der Waals surface area (Å²) in [6.45, 7) is 8.11. The smallest absolute Gasteiger partial charge is 0.254 e. The van der Waals surface area contributed by atoms with Crippen molar-refractivity contribution in [2.24, 2.45) is 0 Å². The van der Waals surface area contributed by atoms with Crippen molar-refractivity contribution in [3.8, 4) is 5.75 Å². The number of amides is 1. The molecule has 1 amide bonds. The maximum absolute atomic E-state index is 12.7. The van der Waals surface area contributed by atoms with Crippen LogP contribution in [0.3, 0.4) is 0 Å². The summed E-state index contributed by atoms with van der Waals surface area (Å²) < 4.78 is 10.5. The van der Waals surface area contributed by atoms with Crippen LogP contribution >= 0.6 is 0 Å². The Morgan fingerprint density at radius 3 is 2.54 bits per heavy atom. The molecule has 0 radical (unpaired) electrons. The lowest BCUT2D eigenvalue weighted by molar-refractivity contribution is 0.0178. The van der Waals surface area contributed by atoms with Gasteiger partial charge in [0.05, 0.1) is 12.2 Å². The highest BCUT2D eigenvalue weighted by molar-refractivity contribution is 5.94. The maximum Gasteiger partial charge on any atom is 0.254 e. The number of carbonyl (C=O) groups is 1. The molecule has 134 valence electrons. The Labute approximate surface area is 144 Å². The van der Waals surface area contributed by atoms with Crippen LogP contribution in [0.1, 0.15) is 24.2 Å². The van der Waals surface area contributed by atoms with Crippen molar-refractivity contribution < 1.29 is 19.4 Å². The van der Waals surface area contributed by atoms with E-state index in [9.17, 15) is 9.90 Å². The van der Waals surface area contributed by atoms with Crippen molar-refractivity contribution >= 4 is 5.91 Å². The average Bonchev–Trinajstić information content (AvgIpc) is 2.54. The van der Waals surface area contributed by atoms with Crippen molar-refractivity contribution in [2.45, 2.75) is 19.4 Å². The maximum atomic E-state index is 12.7. The van der Waals surface area contributed by atoms with E-state index in [0.717, 1.165) is 13.1 Å². The number of nitrogens with zero attached hydrogens (tertiary/aromatic N) is 2. The molecule has 1 aromatic carbocycles. The largest absolute Gasteiger partial charge is 0.491 e. The molecule has 2 rings (SSSR count). The average molecular weight is 336 g/mol. The topological polar surface area (TPSA) is 62.2 Å². The van der Waals surface area contributed by atoms with Gasteiger partial charge < -0.3 is 19.5 Å². The third kappa shape index (κ3) is 5.78. The SMILES string of the molecule is COCCOc1cccc(C(=O)N2CCN(CC(C)(C)O)CC2)c1. The van der Waals surface area contributed by atoms with E-state index in [2.05, 4.69) is 4.90 Å². The van der Waals surface area contributed by atoms with Crippen molar-refractivity contribution in [3.05, 3.63) is 29.8 Å². The number of methoxy groups -OCH3 is 1. The number of aliphatic hydroxyl groups is 1. The summed E-state index contributed by atoms with van der Waals surface area (Å²) in [5.74, 6) is 0.702. The van der Waals surface area contributed by atoms with E-state index in [0.29, 0.717) is 44.2 Å². The molecule has 6 nitrogen and oxygen atoms in total. The number of hydrogen-bond donors (Lipinski definition) is 1. The highest BCUT2D eigenvalue weighted by Gasteiger charge is 2.25. The van der Waals surface area contributed by atoms with Gasteiger partial charge >= 0.3 is 0 Å². The highest BCUT2D eigenvalue weighted by atomic mass is 16.5. The Morgan fingerprint density at radius 1 is 1.21 bits per heavy atom. The molecule has 0 saturated carbocycles. The Balaban J connectivity index is 1.89. The van der Waals surface area contributed by atoms with E-state index in [-0.39, 0.29) is 5.91 Å². The zero-order valence-electron chi connectivity index (χ0n) is 14.8. The monoisotopic (exact) mass is 336 g/mol.